The zero-order valence-electron chi connectivity index (χ0n) is 11.7. The number of nitrogens with zero attached hydrogens (tertiary/aromatic N) is 4. The van der Waals surface area contributed by atoms with E-state index >= 15 is 0 Å². The fourth-order valence-corrected chi connectivity index (χ4v) is 2.14. The Kier molecular flexibility index (Phi) is 4.36. The molecule has 1 amide bonds. The van der Waals surface area contributed by atoms with Gasteiger partial charge in [0.1, 0.15) is 6.20 Å². The van der Waals surface area contributed by atoms with Crippen molar-refractivity contribution >= 4 is 23.5 Å². The summed E-state index contributed by atoms with van der Waals surface area (Å²) in [5.41, 5.74) is -0.160. The van der Waals surface area contributed by atoms with E-state index in [1.807, 2.05) is 0 Å². The van der Waals surface area contributed by atoms with Crippen LogP contribution in [0.5, 0.6) is 0 Å². The second-order valence-electron chi connectivity index (χ2n) is 4.48. The summed E-state index contributed by atoms with van der Waals surface area (Å²) in [6.45, 7) is 0.978. The summed E-state index contributed by atoms with van der Waals surface area (Å²) in [7, 11) is 2.92. The number of ether oxygens (including phenoxy) is 1. The van der Waals surface area contributed by atoms with Crippen LogP contribution in [0.1, 0.15) is 6.42 Å². The van der Waals surface area contributed by atoms with Gasteiger partial charge in [-0.05, 0) is 6.42 Å². The molecule has 1 aromatic rings. The summed E-state index contributed by atoms with van der Waals surface area (Å²) in [5, 5.41) is 16.5. The Bertz CT molecular complexity index is 552. The van der Waals surface area contributed by atoms with Crippen molar-refractivity contribution in [3.63, 3.8) is 0 Å². The molecule has 0 saturated carbocycles. The second-order valence-corrected chi connectivity index (χ2v) is 4.48. The molecule has 0 radical (unpaired) electrons. The average Bonchev–Trinajstić information content (AvgIpc) is 2.94. The summed E-state index contributed by atoms with van der Waals surface area (Å²) >= 11 is 0. The molecule has 1 aliphatic heterocycles. The molecule has 1 fully saturated rings. The van der Waals surface area contributed by atoms with Crippen molar-refractivity contribution in [2.75, 3.05) is 37.5 Å². The van der Waals surface area contributed by atoms with E-state index in [1.54, 1.807) is 11.9 Å². The summed E-state index contributed by atoms with van der Waals surface area (Å²) in [5.74, 6) is 0.550. The van der Waals surface area contributed by atoms with Crippen molar-refractivity contribution in [2.45, 2.75) is 12.5 Å². The largest absolute Gasteiger partial charge is 0.453 e. The Morgan fingerprint density at radius 1 is 1.62 bits per heavy atom. The van der Waals surface area contributed by atoms with Crippen LogP contribution >= 0.6 is 0 Å². The third-order valence-electron chi connectivity index (χ3n) is 3.17. The Morgan fingerprint density at radius 3 is 3.00 bits per heavy atom. The van der Waals surface area contributed by atoms with Gasteiger partial charge in [0.2, 0.25) is 11.8 Å². The van der Waals surface area contributed by atoms with Gasteiger partial charge >= 0.3 is 11.8 Å². The van der Waals surface area contributed by atoms with Crippen molar-refractivity contribution < 1.29 is 14.5 Å². The SMILES string of the molecule is CNc1ncc([N+](=O)[O-])c(N2CCC(NC(=O)OC)C2)n1. The van der Waals surface area contributed by atoms with E-state index in [4.69, 9.17) is 0 Å². The van der Waals surface area contributed by atoms with Crippen molar-refractivity contribution in [3.05, 3.63) is 16.3 Å². The van der Waals surface area contributed by atoms with Crippen LogP contribution in [0.25, 0.3) is 0 Å². The van der Waals surface area contributed by atoms with Crippen molar-refractivity contribution in [1.29, 1.82) is 0 Å². The molecule has 114 valence electrons. The van der Waals surface area contributed by atoms with E-state index < -0.39 is 11.0 Å². The molecular weight excluding hydrogens is 280 g/mol. The molecule has 0 aromatic carbocycles. The Balaban J connectivity index is 2.18. The predicted octanol–water partition coefficient (Wildman–Crippen LogP) is 0.361. The number of alkyl carbamates (subject to hydrolysis) is 1. The smallest absolute Gasteiger partial charge is 0.407 e. The first kappa shape index (κ1) is 14.8. The molecule has 1 aliphatic rings. The fourth-order valence-electron chi connectivity index (χ4n) is 2.14. The van der Waals surface area contributed by atoms with E-state index in [1.165, 1.54) is 13.3 Å². The number of hydrogen-bond acceptors (Lipinski definition) is 8. The molecule has 0 aliphatic carbocycles. The van der Waals surface area contributed by atoms with Gasteiger partial charge in [-0.1, -0.05) is 0 Å². The van der Waals surface area contributed by atoms with Crippen molar-refractivity contribution in [2.24, 2.45) is 0 Å². The molecule has 10 nitrogen and oxygen atoms in total. The highest BCUT2D eigenvalue weighted by Gasteiger charge is 2.30. The van der Waals surface area contributed by atoms with Gasteiger partial charge in [0.25, 0.3) is 0 Å². The van der Waals surface area contributed by atoms with Gasteiger partial charge in [-0.15, -0.1) is 0 Å². The lowest BCUT2D eigenvalue weighted by Gasteiger charge is -2.17. The maximum absolute atomic E-state index is 11.2. The normalized spacial score (nSPS) is 17.4. The van der Waals surface area contributed by atoms with E-state index in [0.29, 0.717) is 25.5 Å². The topological polar surface area (TPSA) is 123 Å². The number of anilines is 2. The zero-order chi connectivity index (χ0) is 15.4. The molecule has 10 heteroatoms. The molecule has 2 N–H and O–H groups in total. The summed E-state index contributed by atoms with van der Waals surface area (Å²) in [4.78, 5) is 31.5. The molecule has 21 heavy (non-hydrogen) atoms. The van der Waals surface area contributed by atoms with E-state index in [2.05, 4.69) is 25.3 Å². The lowest BCUT2D eigenvalue weighted by molar-refractivity contribution is -0.384. The molecule has 1 unspecified atom stereocenters. The lowest BCUT2D eigenvalue weighted by atomic mass is 10.3. The molecular formula is C11H16N6O4. The Morgan fingerprint density at radius 2 is 2.38 bits per heavy atom. The van der Waals surface area contributed by atoms with Gasteiger partial charge in [-0.2, -0.15) is 4.98 Å². The van der Waals surface area contributed by atoms with Crippen LogP contribution in [0.15, 0.2) is 6.20 Å². The van der Waals surface area contributed by atoms with Crippen LogP contribution in [0, 0.1) is 10.1 Å². The molecule has 0 bridgehead atoms. The monoisotopic (exact) mass is 296 g/mol. The van der Waals surface area contributed by atoms with Gasteiger partial charge < -0.3 is 20.3 Å². The predicted molar refractivity (Wildman–Crippen MR) is 74.4 cm³/mol. The summed E-state index contributed by atoms with van der Waals surface area (Å²) < 4.78 is 4.54. The van der Waals surface area contributed by atoms with Gasteiger partial charge in [-0.25, -0.2) is 9.78 Å². The van der Waals surface area contributed by atoms with Gasteiger partial charge in [0.15, 0.2) is 0 Å². The van der Waals surface area contributed by atoms with E-state index in [0.717, 1.165) is 0 Å². The fraction of sp³-hybridized carbons (Fsp3) is 0.545. The Hall–Kier alpha value is -2.65. The van der Waals surface area contributed by atoms with Crippen molar-refractivity contribution in [1.82, 2.24) is 15.3 Å². The zero-order valence-corrected chi connectivity index (χ0v) is 11.7. The number of amides is 1. The van der Waals surface area contributed by atoms with Gasteiger partial charge in [-0.3, -0.25) is 10.1 Å². The van der Waals surface area contributed by atoms with Gasteiger partial charge in [0, 0.05) is 20.1 Å². The number of rotatable bonds is 4. The average molecular weight is 296 g/mol. The third kappa shape index (κ3) is 3.27. The first-order chi connectivity index (χ1) is 10.0. The number of aromatic nitrogens is 2. The third-order valence-corrected chi connectivity index (χ3v) is 3.17. The highest BCUT2D eigenvalue weighted by atomic mass is 16.6. The molecule has 2 rings (SSSR count). The van der Waals surface area contributed by atoms with E-state index in [-0.39, 0.29) is 17.5 Å². The molecule has 1 aromatic heterocycles. The maximum Gasteiger partial charge on any atom is 0.407 e. The minimum atomic E-state index is -0.519. The first-order valence-corrected chi connectivity index (χ1v) is 6.33. The standard InChI is InChI=1S/C11H16N6O4/c1-12-10-13-5-8(17(19)20)9(15-10)16-4-3-7(6-16)14-11(18)21-2/h5,7H,3-4,6H2,1-2H3,(H,14,18)(H,12,13,15). The highest BCUT2D eigenvalue weighted by Crippen LogP contribution is 2.28. The van der Waals surface area contributed by atoms with Crippen LogP contribution in [0.3, 0.4) is 0 Å². The van der Waals surface area contributed by atoms with Gasteiger partial charge in [0.05, 0.1) is 18.1 Å². The summed E-state index contributed by atoms with van der Waals surface area (Å²) in [6, 6.07) is -0.134. The van der Waals surface area contributed by atoms with Crippen molar-refractivity contribution in [3.8, 4) is 0 Å². The number of hydrogen-bond donors (Lipinski definition) is 2. The molecule has 1 atom stereocenters. The number of nitrogens with one attached hydrogen (secondary N) is 2. The maximum atomic E-state index is 11.2. The first-order valence-electron chi connectivity index (χ1n) is 6.33. The number of nitro groups is 1. The van der Waals surface area contributed by atoms with Crippen LogP contribution in [-0.2, 0) is 4.74 Å². The van der Waals surface area contributed by atoms with E-state index in [9.17, 15) is 14.9 Å². The molecule has 1 saturated heterocycles. The Labute approximate surface area is 120 Å². The summed E-state index contributed by atoms with van der Waals surface area (Å²) in [6.07, 6.45) is 1.32. The minimum Gasteiger partial charge on any atom is -0.453 e. The number of methoxy groups -OCH3 is 1. The highest BCUT2D eigenvalue weighted by molar-refractivity contribution is 5.68. The minimum absolute atomic E-state index is 0.134. The van der Waals surface area contributed by atoms with Crippen LogP contribution in [0.2, 0.25) is 0 Å². The number of carbonyl (C=O) groups is 1. The quantitative estimate of drug-likeness (QED) is 0.603. The van der Waals surface area contributed by atoms with Crippen LogP contribution in [-0.4, -0.2) is 54.3 Å². The van der Waals surface area contributed by atoms with Crippen LogP contribution < -0.4 is 15.5 Å². The molecule has 2 heterocycles. The lowest BCUT2D eigenvalue weighted by Crippen LogP contribution is -2.37. The number of carbonyl (C=O) groups excluding carboxylic acids is 1. The second kappa shape index (κ2) is 6.20. The molecule has 0 spiro atoms. The van der Waals surface area contributed by atoms with Crippen LogP contribution in [0.4, 0.5) is 22.2 Å².